The van der Waals surface area contributed by atoms with E-state index < -0.39 is 11.9 Å². The number of aryl methyl sites for hydroxylation is 1. The molecule has 0 spiro atoms. The molecule has 0 fully saturated rings. The van der Waals surface area contributed by atoms with E-state index in [1.54, 1.807) is 30.3 Å². The molecule has 0 amide bonds. The number of benzene rings is 3. The molecule has 166 valence electrons. The van der Waals surface area contributed by atoms with Gasteiger partial charge in [0.25, 0.3) is 0 Å². The highest BCUT2D eigenvalue weighted by Gasteiger charge is 2.26. The van der Waals surface area contributed by atoms with Crippen molar-refractivity contribution in [3.8, 4) is 11.5 Å². The van der Waals surface area contributed by atoms with Gasteiger partial charge in [0, 0.05) is 4.47 Å². The van der Waals surface area contributed by atoms with Gasteiger partial charge in [-0.05, 0) is 93.0 Å². The van der Waals surface area contributed by atoms with Gasteiger partial charge in [0.2, 0.25) is 5.90 Å². The molecular formula is C25H17BrINO5. The largest absolute Gasteiger partial charge is 0.493 e. The normalized spacial score (nSPS) is 14.1. The molecule has 3 aromatic rings. The van der Waals surface area contributed by atoms with Gasteiger partial charge in [0.1, 0.15) is 0 Å². The van der Waals surface area contributed by atoms with Gasteiger partial charge in [0.15, 0.2) is 17.2 Å². The maximum absolute atomic E-state index is 12.7. The first-order valence-electron chi connectivity index (χ1n) is 9.80. The lowest BCUT2D eigenvalue weighted by molar-refractivity contribution is -0.129. The molecule has 0 radical (unpaired) electrons. The predicted molar refractivity (Wildman–Crippen MR) is 137 cm³/mol. The Morgan fingerprint density at radius 3 is 2.58 bits per heavy atom. The number of methoxy groups -OCH3 is 1. The Morgan fingerprint density at radius 1 is 1.12 bits per heavy atom. The SMILES string of the molecule is COc1cc(/C=C2\N=C(c3ccccc3Br)OC2=O)cc(I)c1OC(=O)c1ccccc1C. The minimum absolute atomic E-state index is 0.156. The molecule has 1 aliphatic heterocycles. The number of cyclic esters (lactones) is 1. The zero-order valence-electron chi connectivity index (χ0n) is 17.6. The van der Waals surface area contributed by atoms with Crippen molar-refractivity contribution < 1.29 is 23.8 Å². The summed E-state index contributed by atoms with van der Waals surface area (Å²) in [7, 11) is 1.49. The highest BCUT2D eigenvalue weighted by molar-refractivity contribution is 14.1. The standard InChI is InChI=1S/C25H17BrINO5/c1-14-7-3-4-8-16(14)24(29)32-22-19(27)11-15(13-21(22)31-2)12-20-25(30)33-23(28-20)17-9-5-6-10-18(17)26/h3-13H,1-2H3/b20-12-. The summed E-state index contributed by atoms with van der Waals surface area (Å²) >= 11 is 5.50. The summed E-state index contributed by atoms with van der Waals surface area (Å²) in [5.41, 5.74) is 2.78. The van der Waals surface area contributed by atoms with Gasteiger partial charge >= 0.3 is 11.9 Å². The summed E-state index contributed by atoms with van der Waals surface area (Å²) < 4.78 is 17.9. The van der Waals surface area contributed by atoms with Crippen LogP contribution in [0.4, 0.5) is 0 Å². The van der Waals surface area contributed by atoms with E-state index in [4.69, 9.17) is 14.2 Å². The first-order valence-corrected chi connectivity index (χ1v) is 11.7. The fourth-order valence-corrected chi connectivity index (χ4v) is 4.38. The van der Waals surface area contributed by atoms with Crippen LogP contribution in [0.5, 0.6) is 11.5 Å². The van der Waals surface area contributed by atoms with E-state index in [1.165, 1.54) is 7.11 Å². The molecule has 0 atom stereocenters. The summed E-state index contributed by atoms with van der Waals surface area (Å²) in [6.07, 6.45) is 1.60. The van der Waals surface area contributed by atoms with Crippen LogP contribution < -0.4 is 9.47 Å². The van der Waals surface area contributed by atoms with Crippen LogP contribution in [0.3, 0.4) is 0 Å². The quantitative estimate of drug-likeness (QED) is 0.153. The smallest absolute Gasteiger partial charge is 0.363 e. The Hall–Kier alpha value is -2.98. The highest BCUT2D eigenvalue weighted by Crippen LogP contribution is 2.36. The lowest BCUT2D eigenvalue weighted by atomic mass is 10.1. The number of aliphatic imine (C=N–C) groups is 1. The van der Waals surface area contributed by atoms with Crippen molar-refractivity contribution >= 4 is 62.4 Å². The summed E-state index contributed by atoms with van der Waals surface area (Å²) in [6.45, 7) is 1.84. The van der Waals surface area contributed by atoms with Gasteiger partial charge in [-0.25, -0.2) is 14.6 Å². The van der Waals surface area contributed by atoms with Crippen molar-refractivity contribution in [2.45, 2.75) is 6.92 Å². The molecule has 0 saturated heterocycles. The third kappa shape index (κ3) is 5.01. The summed E-state index contributed by atoms with van der Waals surface area (Å²) in [6, 6.07) is 18.0. The van der Waals surface area contributed by atoms with E-state index in [0.29, 0.717) is 31.8 Å². The van der Waals surface area contributed by atoms with E-state index >= 15 is 0 Å². The number of rotatable bonds is 5. The Bertz CT molecular complexity index is 1330. The maximum atomic E-state index is 12.7. The first-order chi connectivity index (χ1) is 15.9. The third-order valence-electron chi connectivity index (χ3n) is 4.84. The fraction of sp³-hybridized carbons (Fsp3) is 0.0800. The van der Waals surface area contributed by atoms with Crippen molar-refractivity contribution in [3.05, 3.63) is 96.7 Å². The van der Waals surface area contributed by atoms with E-state index in [-0.39, 0.29) is 11.6 Å². The topological polar surface area (TPSA) is 74.2 Å². The van der Waals surface area contributed by atoms with Crippen molar-refractivity contribution in [2.24, 2.45) is 4.99 Å². The summed E-state index contributed by atoms with van der Waals surface area (Å²) in [4.78, 5) is 29.4. The summed E-state index contributed by atoms with van der Waals surface area (Å²) in [5.74, 6) is -0.136. The first kappa shape index (κ1) is 23.2. The molecule has 0 aromatic heterocycles. The molecule has 0 saturated carbocycles. The molecule has 0 aliphatic carbocycles. The van der Waals surface area contributed by atoms with E-state index in [2.05, 4.69) is 43.5 Å². The van der Waals surface area contributed by atoms with Crippen LogP contribution in [0.2, 0.25) is 0 Å². The molecule has 0 N–H and O–H groups in total. The molecule has 8 heteroatoms. The molecule has 4 rings (SSSR count). The molecule has 6 nitrogen and oxygen atoms in total. The number of esters is 2. The molecule has 3 aromatic carbocycles. The average Bonchev–Trinajstić information content (AvgIpc) is 3.15. The molecular weight excluding hydrogens is 601 g/mol. The van der Waals surface area contributed by atoms with Crippen molar-refractivity contribution in [1.29, 1.82) is 0 Å². The van der Waals surface area contributed by atoms with Crippen LogP contribution in [-0.4, -0.2) is 24.9 Å². The van der Waals surface area contributed by atoms with Crippen molar-refractivity contribution in [3.63, 3.8) is 0 Å². The zero-order chi connectivity index (χ0) is 23.5. The number of carbonyl (C=O) groups is 2. The van der Waals surface area contributed by atoms with Gasteiger partial charge in [-0.15, -0.1) is 0 Å². The molecule has 33 heavy (non-hydrogen) atoms. The lowest BCUT2D eigenvalue weighted by Crippen LogP contribution is -2.11. The second-order valence-electron chi connectivity index (χ2n) is 7.05. The minimum atomic E-state index is -0.551. The van der Waals surface area contributed by atoms with E-state index in [1.807, 2.05) is 43.3 Å². The van der Waals surface area contributed by atoms with E-state index in [0.717, 1.165) is 10.0 Å². The van der Waals surface area contributed by atoms with Crippen LogP contribution in [0.1, 0.15) is 27.0 Å². The number of hydrogen-bond donors (Lipinski definition) is 0. The summed E-state index contributed by atoms with van der Waals surface area (Å²) in [5, 5.41) is 0. The van der Waals surface area contributed by atoms with Crippen molar-refractivity contribution in [1.82, 2.24) is 0 Å². The van der Waals surface area contributed by atoms with Crippen molar-refractivity contribution in [2.75, 3.05) is 7.11 Å². The molecule has 1 aliphatic rings. The Balaban J connectivity index is 1.65. The predicted octanol–water partition coefficient (Wildman–Crippen LogP) is 5.93. The number of nitrogens with zero attached hydrogens (tertiary/aromatic N) is 1. The molecule has 0 unspecified atom stereocenters. The van der Waals surface area contributed by atoms with Gasteiger partial charge in [-0.2, -0.15) is 0 Å². The number of halogens is 2. The lowest BCUT2D eigenvalue weighted by Gasteiger charge is -2.13. The Kier molecular flexibility index (Phi) is 6.94. The van der Waals surface area contributed by atoms with Crippen LogP contribution in [0.15, 0.2) is 75.8 Å². The third-order valence-corrected chi connectivity index (χ3v) is 6.33. The van der Waals surface area contributed by atoms with Gasteiger partial charge < -0.3 is 14.2 Å². The monoisotopic (exact) mass is 617 g/mol. The Labute approximate surface area is 212 Å². The van der Waals surface area contributed by atoms with Gasteiger partial charge in [0.05, 0.1) is 21.8 Å². The van der Waals surface area contributed by atoms with Gasteiger partial charge in [-0.3, -0.25) is 0 Å². The fourth-order valence-electron chi connectivity index (χ4n) is 3.19. The van der Waals surface area contributed by atoms with Crippen LogP contribution in [0.25, 0.3) is 6.08 Å². The molecule has 1 heterocycles. The van der Waals surface area contributed by atoms with Crippen LogP contribution in [-0.2, 0) is 9.53 Å². The van der Waals surface area contributed by atoms with Crippen LogP contribution >= 0.6 is 38.5 Å². The minimum Gasteiger partial charge on any atom is -0.493 e. The zero-order valence-corrected chi connectivity index (χ0v) is 21.3. The Morgan fingerprint density at radius 2 is 1.85 bits per heavy atom. The van der Waals surface area contributed by atoms with Crippen LogP contribution in [0, 0.1) is 10.5 Å². The second kappa shape index (κ2) is 9.88. The van der Waals surface area contributed by atoms with Gasteiger partial charge in [-0.1, -0.05) is 30.3 Å². The number of ether oxygens (including phenoxy) is 3. The average molecular weight is 618 g/mol. The second-order valence-corrected chi connectivity index (χ2v) is 9.07. The van der Waals surface area contributed by atoms with E-state index in [9.17, 15) is 9.59 Å². The molecule has 0 bridgehead atoms. The number of hydrogen-bond acceptors (Lipinski definition) is 6. The number of carbonyl (C=O) groups excluding carboxylic acids is 2. The highest BCUT2D eigenvalue weighted by atomic mass is 127. The maximum Gasteiger partial charge on any atom is 0.363 e.